The van der Waals surface area contributed by atoms with Gasteiger partial charge in [0.05, 0.1) is 33.2 Å². The average molecular weight is 317 g/mol. The molecule has 0 aliphatic rings. The van der Waals surface area contributed by atoms with Gasteiger partial charge in [-0.25, -0.2) is 4.98 Å². The molecule has 3 N–H and O–H groups in total. The number of nitrogens with zero attached hydrogens (tertiary/aromatic N) is 1. The van der Waals surface area contributed by atoms with Crippen molar-refractivity contribution in [2.24, 2.45) is 0 Å². The normalized spacial score (nSPS) is 10.0. The Hall–Kier alpha value is -2.96. The number of carbonyl (C=O) groups is 1. The molecule has 0 atom stereocenters. The van der Waals surface area contributed by atoms with Crippen molar-refractivity contribution in [1.29, 1.82) is 0 Å². The van der Waals surface area contributed by atoms with Crippen LogP contribution in [0.5, 0.6) is 17.2 Å². The highest BCUT2D eigenvalue weighted by molar-refractivity contribution is 5.92. The summed E-state index contributed by atoms with van der Waals surface area (Å²) in [5, 5.41) is 2.78. The van der Waals surface area contributed by atoms with E-state index in [9.17, 15) is 4.79 Å². The summed E-state index contributed by atoms with van der Waals surface area (Å²) in [6.07, 6.45) is 1.44. The smallest absolute Gasteiger partial charge is 0.270 e. The Bertz CT molecular complexity index is 661. The van der Waals surface area contributed by atoms with E-state index in [0.717, 1.165) is 5.56 Å². The van der Waals surface area contributed by atoms with Gasteiger partial charge in [-0.1, -0.05) is 0 Å². The lowest BCUT2D eigenvalue weighted by Gasteiger charge is -2.14. The van der Waals surface area contributed by atoms with Crippen LogP contribution >= 0.6 is 0 Å². The van der Waals surface area contributed by atoms with Crippen LogP contribution in [-0.4, -0.2) is 32.2 Å². The van der Waals surface area contributed by atoms with Crippen LogP contribution in [0.4, 0.5) is 5.69 Å². The summed E-state index contributed by atoms with van der Waals surface area (Å²) in [7, 11) is 4.62. The summed E-state index contributed by atoms with van der Waals surface area (Å²) < 4.78 is 15.8. The summed E-state index contributed by atoms with van der Waals surface area (Å²) in [6.45, 7) is 0.293. The molecule has 0 aliphatic carbocycles. The third kappa shape index (κ3) is 3.82. The van der Waals surface area contributed by atoms with Gasteiger partial charge in [-0.2, -0.15) is 0 Å². The van der Waals surface area contributed by atoms with Gasteiger partial charge in [0.25, 0.3) is 5.91 Å². The van der Waals surface area contributed by atoms with Crippen LogP contribution in [0.2, 0.25) is 0 Å². The van der Waals surface area contributed by atoms with E-state index in [1.165, 1.54) is 27.5 Å². The fourth-order valence-corrected chi connectivity index (χ4v) is 2.05. The summed E-state index contributed by atoms with van der Waals surface area (Å²) in [5.41, 5.74) is 7.16. The third-order valence-corrected chi connectivity index (χ3v) is 3.20. The van der Waals surface area contributed by atoms with Crippen molar-refractivity contribution in [2.45, 2.75) is 6.54 Å². The topological polar surface area (TPSA) is 95.7 Å². The molecule has 1 aromatic heterocycles. The molecule has 7 nitrogen and oxygen atoms in total. The molecule has 0 bridgehead atoms. The number of aromatic nitrogens is 1. The number of methoxy groups -OCH3 is 3. The fourth-order valence-electron chi connectivity index (χ4n) is 2.05. The van der Waals surface area contributed by atoms with Crippen LogP contribution < -0.4 is 25.3 Å². The maximum atomic E-state index is 12.1. The lowest BCUT2D eigenvalue weighted by Crippen LogP contribution is -2.23. The predicted molar refractivity (Wildman–Crippen MR) is 85.9 cm³/mol. The number of nitrogens with one attached hydrogen (secondary N) is 1. The average Bonchev–Trinajstić information content (AvgIpc) is 2.59. The van der Waals surface area contributed by atoms with E-state index in [2.05, 4.69) is 10.3 Å². The number of amides is 1. The minimum Gasteiger partial charge on any atom is -0.493 e. The molecular weight excluding hydrogens is 298 g/mol. The number of benzene rings is 1. The van der Waals surface area contributed by atoms with Crippen molar-refractivity contribution in [2.75, 3.05) is 27.1 Å². The van der Waals surface area contributed by atoms with Crippen molar-refractivity contribution in [3.05, 3.63) is 41.7 Å². The predicted octanol–water partition coefficient (Wildman–Crippen LogP) is 1.62. The third-order valence-electron chi connectivity index (χ3n) is 3.20. The van der Waals surface area contributed by atoms with E-state index < -0.39 is 0 Å². The monoisotopic (exact) mass is 317 g/mol. The number of carbonyl (C=O) groups excluding carboxylic acids is 1. The molecule has 0 saturated carbocycles. The number of rotatable bonds is 6. The van der Waals surface area contributed by atoms with Gasteiger partial charge in [-0.3, -0.25) is 4.79 Å². The SMILES string of the molecule is COc1cc(CNC(=O)c2ccc(N)cn2)cc(OC)c1OC. The van der Waals surface area contributed by atoms with Crippen LogP contribution in [0.1, 0.15) is 16.1 Å². The number of hydrogen-bond acceptors (Lipinski definition) is 6. The molecule has 23 heavy (non-hydrogen) atoms. The maximum Gasteiger partial charge on any atom is 0.270 e. The van der Waals surface area contributed by atoms with Gasteiger partial charge < -0.3 is 25.3 Å². The number of pyridine rings is 1. The van der Waals surface area contributed by atoms with Gasteiger partial charge in [-0.15, -0.1) is 0 Å². The number of anilines is 1. The van der Waals surface area contributed by atoms with Crippen LogP contribution in [0.25, 0.3) is 0 Å². The number of nitrogen functional groups attached to an aromatic ring is 1. The van der Waals surface area contributed by atoms with E-state index in [1.807, 2.05) is 0 Å². The second-order valence-corrected chi connectivity index (χ2v) is 4.69. The molecular formula is C16H19N3O4. The summed E-state index contributed by atoms with van der Waals surface area (Å²) in [6, 6.07) is 6.75. The molecule has 0 aliphatic heterocycles. The van der Waals surface area contributed by atoms with E-state index in [0.29, 0.717) is 35.2 Å². The van der Waals surface area contributed by atoms with Crippen molar-refractivity contribution < 1.29 is 19.0 Å². The minimum atomic E-state index is -0.293. The van der Waals surface area contributed by atoms with Crippen molar-refractivity contribution in [1.82, 2.24) is 10.3 Å². The molecule has 1 amide bonds. The Morgan fingerprint density at radius 1 is 1.13 bits per heavy atom. The molecule has 0 spiro atoms. The summed E-state index contributed by atoms with van der Waals surface area (Å²) >= 11 is 0. The van der Waals surface area contributed by atoms with Crippen LogP contribution in [-0.2, 0) is 6.54 Å². The van der Waals surface area contributed by atoms with Crippen molar-refractivity contribution in [3.8, 4) is 17.2 Å². The van der Waals surface area contributed by atoms with E-state index in [4.69, 9.17) is 19.9 Å². The molecule has 2 rings (SSSR count). The largest absolute Gasteiger partial charge is 0.493 e. The lowest BCUT2D eigenvalue weighted by molar-refractivity contribution is 0.0946. The minimum absolute atomic E-state index is 0.293. The molecule has 0 radical (unpaired) electrons. The second kappa shape index (κ2) is 7.35. The van der Waals surface area contributed by atoms with Gasteiger partial charge in [0, 0.05) is 6.54 Å². The van der Waals surface area contributed by atoms with Crippen molar-refractivity contribution in [3.63, 3.8) is 0 Å². The molecule has 0 unspecified atom stereocenters. The molecule has 122 valence electrons. The number of ether oxygens (including phenoxy) is 3. The molecule has 1 aromatic carbocycles. The highest BCUT2D eigenvalue weighted by Crippen LogP contribution is 2.38. The second-order valence-electron chi connectivity index (χ2n) is 4.69. The number of hydrogen-bond donors (Lipinski definition) is 2. The van der Waals surface area contributed by atoms with E-state index in [1.54, 1.807) is 24.3 Å². The molecule has 1 heterocycles. The van der Waals surface area contributed by atoms with Crippen LogP contribution in [0.3, 0.4) is 0 Å². The Kier molecular flexibility index (Phi) is 5.24. The zero-order valence-electron chi connectivity index (χ0n) is 13.3. The van der Waals surface area contributed by atoms with Crippen LogP contribution in [0, 0.1) is 0 Å². The van der Waals surface area contributed by atoms with E-state index in [-0.39, 0.29) is 5.91 Å². The van der Waals surface area contributed by atoms with Crippen molar-refractivity contribution >= 4 is 11.6 Å². The van der Waals surface area contributed by atoms with Crippen LogP contribution in [0.15, 0.2) is 30.5 Å². The first kappa shape index (κ1) is 16.4. The van der Waals surface area contributed by atoms with Gasteiger partial charge in [0.15, 0.2) is 11.5 Å². The zero-order valence-corrected chi connectivity index (χ0v) is 13.3. The molecule has 2 aromatic rings. The Balaban J connectivity index is 2.13. The van der Waals surface area contributed by atoms with Gasteiger partial charge in [-0.05, 0) is 29.8 Å². The van der Waals surface area contributed by atoms with Gasteiger partial charge in [0.2, 0.25) is 5.75 Å². The zero-order chi connectivity index (χ0) is 16.8. The number of nitrogens with two attached hydrogens (primary N) is 1. The maximum absolute atomic E-state index is 12.1. The molecule has 0 saturated heterocycles. The Morgan fingerprint density at radius 2 is 1.78 bits per heavy atom. The highest BCUT2D eigenvalue weighted by Gasteiger charge is 2.14. The first-order chi connectivity index (χ1) is 11.1. The first-order valence-electron chi connectivity index (χ1n) is 6.87. The quantitative estimate of drug-likeness (QED) is 0.840. The molecule has 7 heteroatoms. The summed E-state index contributed by atoms with van der Waals surface area (Å²) in [5.74, 6) is 1.27. The standard InChI is InChI=1S/C16H19N3O4/c1-21-13-6-10(7-14(22-2)15(13)23-3)8-19-16(20)12-5-4-11(17)9-18-12/h4-7,9H,8,17H2,1-3H3,(H,19,20). The Morgan fingerprint density at radius 3 is 2.26 bits per heavy atom. The van der Waals surface area contributed by atoms with Gasteiger partial charge >= 0.3 is 0 Å². The highest BCUT2D eigenvalue weighted by atomic mass is 16.5. The molecule has 0 fully saturated rings. The first-order valence-corrected chi connectivity index (χ1v) is 6.87. The Labute approximate surface area is 134 Å². The fraction of sp³-hybridized carbons (Fsp3) is 0.250. The summed E-state index contributed by atoms with van der Waals surface area (Å²) in [4.78, 5) is 16.0. The van der Waals surface area contributed by atoms with E-state index >= 15 is 0 Å². The van der Waals surface area contributed by atoms with Gasteiger partial charge in [0.1, 0.15) is 5.69 Å². The lowest BCUT2D eigenvalue weighted by atomic mass is 10.1.